The van der Waals surface area contributed by atoms with Crippen LogP contribution in [0.1, 0.15) is 43.2 Å². The van der Waals surface area contributed by atoms with E-state index >= 15 is 0 Å². The third-order valence-corrected chi connectivity index (χ3v) is 4.41. The van der Waals surface area contributed by atoms with Crippen LogP contribution in [0.3, 0.4) is 0 Å². The molecular formula is C16H24BrNO. The Morgan fingerprint density at radius 3 is 2.84 bits per heavy atom. The van der Waals surface area contributed by atoms with Crippen LogP contribution in [0.2, 0.25) is 0 Å². The molecule has 1 aliphatic carbocycles. The van der Waals surface area contributed by atoms with Crippen molar-refractivity contribution in [3.63, 3.8) is 0 Å². The Morgan fingerprint density at radius 2 is 2.00 bits per heavy atom. The minimum Gasteiger partial charge on any atom is -0.396 e. The van der Waals surface area contributed by atoms with Gasteiger partial charge in [0.25, 0.3) is 0 Å². The van der Waals surface area contributed by atoms with Crippen LogP contribution in [-0.4, -0.2) is 24.3 Å². The first-order valence-electron chi connectivity index (χ1n) is 7.41. The second kappa shape index (κ2) is 8.03. The van der Waals surface area contributed by atoms with Crippen molar-refractivity contribution in [1.82, 2.24) is 5.32 Å². The summed E-state index contributed by atoms with van der Waals surface area (Å²) in [4.78, 5) is 0. The van der Waals surface area contributed by atoms with E-state index in [9.17, 15) is 0 Å². The summed E-state index contributed by atoms with van der Waals surface area (Å²) in [6.45, 7) is 1.45. The molecule has 19 heavy (non-hydrogen) atoms. The topological polar surface area (TPSA) is 32.3 Å². The van der Waals surface area contributed by atoms with E-state index in [4.69, 9.17) is 5.11 Å². The summed E-state index contributed by atoms with van der Waals surface area (Å²) in [5.74, 6) is 0. The number of aliphatic hydroxyl groups is 1. The Labute approximate surface area is 124 Å². The van der Waals surface area contributed by atoms with Crippen molar-refractivity contribution in [2.24, 2.45) is 0 Å². The molecule has 0 radical (unpaired) electrons. The number of unbranched alkanes of at least 4 members (excludes halogenated alkanes) is 3. The predicted octanol–water partition coefficient (Wildman–Crippen LogP) is 3.45. The molecule has 0 aromatic heterocycles. The Morgan fingerprint density at radius 1 is 1.16 bits per heavy atom. The third-order valence-electron chi connectivity index (χ3n) is 3.91. The van der Waals surface area contributed by atoms with Crippen LogP contribution in [0.15, 0.2) is 22.7 Å². The highest BCUT2D eigenvalue weighted by Crippen LogP contribution is 2.24. The van der Waals surface area contributed by atoms with Gasteiger partial charge < -0.3 is 10.4 Å². The summed E-state index contributed by atoms with van der Waals surface area (Å²) in [6, 6.07) is 7.32. The van der Waals surface area contributed by atoms with Crippen molar-refractivity contribution in [1.29, 1.82) is 0 Å². The highest BCUT2D eigenvalue weighted by atomic mass is 79.9. The number of aryl methyl sites for hydroxylation is 1. The SMILES string of the molecule is OCCCCCCNC1CCc2cc(Br)ccc2C1. The summed E-state index contributed by atoms with van der Waals surface area (Å²) in [6.07, 6.45) is 8.16. The highest BCUT2D eigenvalue weighted by molar-refractivity contribution is 9.10. The van der Waals surface area contributed by atoms with Gasteiger partial charge >= 0.3 is 0 Å². The highest BCUT2D eigenvalue weighted by Gasteiger charge is 2.17. The molecule has 0 saturated carbocycles. The predicted molar refractivity (Wildman–Crippen MR) is 83.5 cm³/mol. The molecule has 1 aromatic rings. The van der Waals surface area contributed by atoms with E-state index in [1.807, 2.05) is 0 Å². The summed E-state index contributed by atoms with van der Waals surface area (Å²) in [7, 11) is 0. The zero-order chi connectivity index (χ0) is 13.5. The van der Waals surface area contributed by atoms with E-state index in [1.54, 1.807) is 0 Å². The van der Waals surface area contributed by atoms with E-state index in [2.05, 4.69) is 39.4 Å². The molecule has 2 N–H and O–H groups in total. The fourth-order valence-corrected chi connectivity index (χ4v) is 3.20. The van der Waals surface area contributed by atoms with Crippen molar-refractivity contribution in [2.75, 3.05) is 13.2 Å². The molecule has 0 spiro atoms. The second-order valence-electron chi connectivity index (χ2n) is 5.44. The lowest BCUT2D eigenvalue weighted by Gasteiger charge is -2.25. The number of aliphatic hydroxyl groups excluding tert-OH is 1. The van der Waals surface area contributed by atoms with Gasteiger partial charge in [-0.25, -0.2) is 0 Å². The minimum atomic E-state index is 0.336. The van der Waals surface area contributed by atoms with Crippen LogP contribution in [0.4, 0.5) is 0 Å². The molecule has 0 fully saturated rings. The molecule has 0 amide bonds. The average Bonchev–Trinajstić information content (AvgIpc) is 2.43. The molecule has 1 aliphatic rings. The maximum absolute atomic E-state index is 8.72. The lowest BCUT2D eigenvalue weighted by molar-refractivity contribution is 0.282. The smallest absolute Gasteiger partial charge is 0.0431 e. The zero-order valence-corrected chi connectivity index (χ0v) is 13.1. The Hall–Kier alpha value is -0.380. The van der Waals surface area contributed by atoms with Gasteiger partial charge in [0.2, 0.25) is 0 Å². The maximum atomic E-state index is 8.72. The Kier molecular flexibility index (Phi) is 6.35. The molecule has 0 saturated heterocycles. The van der Waals surface area contributed by atoms with Crippen molar-refractivity contribution in [3.8, 4) is 0 Å². The quantitative estimate of drug-likeness (QED) is 0.752. The Bertz CT molecular complexity index is 394. The van der Waals surface area contributed by atoms with Gasteiger partial charge in [-0.3, -0.25) is 0 Å². The first-order chi connectivity index (χ1) is 9.29. The normalized spacial score (nSPS) is 18.3. The van der Waals surface area contributed by atoms with Crippen LogP contribution in [-0.2, 0) is 12.8 Å². The Balaban J connectivity index is 1.69. The van der Waals surface area contributed by atoms with Crippen molar-refractivity contribution < 1.29 is 5.11 Å². The first kappa shape index (κ1) is 15.0. The standard InChI is InChI=1S/C16H24BrNO/c17-15-7-5-14-12-16(8-6-13(14)11-15)18-9-3-1-2-4-10-19/h5,7,11,16,18-19H,1-4,6,8-10,12H2. The fraction of sp³-hybridized carbons (Fsp3) is 0.625. The zero-order valence-electron chi connectivity index (χ0n) is 11.5. The molecule has 1 aromatic carbocycles. The van der Waals surface area contributed by atoms with E-state index < -0.39 is 0 Å². The first-order valence-corrected chi connectivity index (χ1v) is 8.20. The summed E-state index contributed by atoms with van der Waals surface area (Å²) in [5, 5.41) is 12.4. The molecule has 1 atom stereocenters. The van der Waals surface area contributed by atoms with Gasteiger partial charge in [-0.2, -0.15) is 0 Å². The molecule has 3 heteroatoms. The molecule has 0 aliphatic heterocycles. The van der Waals surface area contributed by atoms with Gasteiger partial charge in [0.05, 0.1) is 0 Å². The average molecular weight is 326 g/mol. The van der Waals surface area contributed by atoms with Gasteiger partial charge in [0, 0.05) is 17.1 Å². The number of benzene rings is 1. The summed E-state index contributed by atoms with van der Waals surface area (Å²) in [5.41, 5.74) is 3.02. The lowest BCUT2D eigenvalue weighted by atomic mass is 9.88. The number of hydrogen-bond donors (Lipinski definition) is 2. The summed E-state index contributed by atoms with van der Waals surface area (Å²) < 4.78 is 1.20. The molecular weight excluding hydrogens is 302 g/mol. The minimum absolute atomic E-state index is 0.336. The van der Waals surface area contributed by atoms with Gasteiger partial charge in [0.1, 0.15) is 0 Å². The molecule has 0 bridgehead atoms. The van der Waals surface area contributed by atoms with Crippen LogP contribution >= 0.6 is 15.9 Å². The number of rotatable bonds is 7. The monoisotopic (exact) mass is 325 g/mol. The second-order valence-corrected chi connectivity index (χ2v) is 6.36. The number of fused-ring (bicyclic) bond motifs is 1. The molecule has 106 valence electrons. The number of hydrogen-bond acceptors (Lipinski definition) is 2. The molecule has 2 rings (SSSR count). The van der Waals surface area contributed by atoms with E-state index in [1.165, 1.54) is 47.7 Å². The van der Waals surface area contributed by atoms with E-state index in [-0.39, 0.29) is 0 Å². The van der Waals surface area contributed by atoms with Crippen LogP contribution in [0.25, 0.3) is 0 Å². The lowest BCUT2D eigenvalue weighted by Crippen LogP contribution is -2.35. The van der Waals surface area contributed by atoms with Gasteiger partial charge in [-0.05, 0) is 61.9 Å². The van der Waals surface area contributed by atoms with E-state index in [0.29, 0.717) is 12.6 Å². The molecule has 1 unspecified atom stereocenters. The van der Waals surface area contributed by atoms with Crippen molar-refractivity contribution in [2.45, 2.75) is 51.0 Å². The maximum Gasteiger partial charge on any atom is 0.0431 e. The summed E-state index contributed by atoms with van der Waals surface area (Å²) >= 11 is 3.54. The van der Waals surface area contributed by atoms with Crippen molar-refractivity contribution in [3.05, 3.63) is 33.8 Å². The number of nitrogens with one attached hydrogen (secondary N) is 1. The fourth-order valence-electron chi connectivity index (χ4n) is 2.79. The van der Waals surface area contributed by atoms with Gasteiger partial charge in [-0.1, -0.05) is 34.8 Å². The van der Waals surface area contributed by atoms with E-state index in [0.717, 1.165) is 19.4 Å². The third kappa shape index (κ3) is 4.90. The largest absolute Gasteiger partial charge is 0.396 e. The van der Waals surface area contributed by atoms with Gasteiger partial charge in [0.15, 0.2) is 0 Å². The van der Waals surface area contributed by atoms with Crippen LogP contribution < -0.4 is 5.32 Å². The molecule has 0 heterocycles. The van der Waals surface area contributed by atoms with Crippen LogP contribution in [0, 0.1) is 0 Å². The molecule has 2 nitrogen and oxygen atoms in total. The number of halogens is 1. The van der Waals surface area contributed by atoms with Gasteiger partial charge in [-0.15, -0.1) is 0 Å². The van der Waals surface area contributed by atoms with Crippen molar-refractivity contribution >= 4 is 15.9 Å². The van der Waals surface area contributed by atoms with Crippen LogP contribution in [0.5, 0.6) is 0 Å².